The Balaban J connectivity index is 2.08. The van der Waals surface area contributed by atoms with Crippen LogP contribution in [0.25, 0.3) is 10.9 Å². The minimum atomic E-state index is -0.224. The van der Waals surface area contributed by atoms with Gasteiger partial charge in [-0.3, -0.25) is 4.79 Å². The molecule has 3 rings (SSSR count). The van der Waals surface area contributed by atoms with Crippen LogP contribution >= 0.6 is 12.2 Å². The van der Waals surface area contributed by atoms with Crippen LogP contribution in [-0.2, 0) is 11.3 Å². The molecule has 0 aliphatic rings. The number of nitrogens with one attached hydrogen (secondary N) is 1. The van der Waals surface area contributed by atoms with Crippen molar-refractivity contribution in [3.05, 3.63) is 71.9 Å². The molecule has 110 valence electrons. The van der Waals surface area contributed by atoms with E-state index in [1.54, 1.807) is 7.05 Å². The molecule has 0 aliphatic carbocycles. The first-order valence-corrected chi connectivity index (χ1v) is 7.49. The summed E-state index contributed by atoms with van der Waals surface area (Å²) in [6, 6.07) is 18.2. The van der Waals surface area contributed by atoms with Crippen LogP contribution in [0.2, 0.25) is 0 Å². The number of carbonyl (C=O) groups is 1. The second-order valence-corrected chi connectivity index (χ2v) is 5.49. The van der Waals surface area contributed by atoms with Gasteiger partial charge in [0.05, 0.1) is 0 Å². The summed E-state index contributed by atoms with van der Waals surface area (Å²) in [5, 5.41) is 3.60. The van der Waals surface area contributed by atoms with E-state index in [1.807, 2.05) is 48.7 Å². The summed E-state index contributed by atoms with van der Waals surface area (Å²) in [4.78, 5) is 12.2. The molecular formula is C18H16N2OS. The third-order valence-electron chi connectivity index (χ3n) is 3.66. The monoisotopic (exact) mass is 308 g/mol. The van der Waals surface area contributed by atoms with Crippen LogP contribution in [0.1, 0.15) is 11.1 Å². The van der Waals surface area contributed by atoms with Gasteiger partial charge in [0.1, 0.15) is 4.86 Å². The van der Waals surface area contributed by atoms with E-state index in [2.05, 4.69) is 22.0 Å². The fraction of sp³-hybridized carbons (Fsp3) is 0.111. The lowest BCUT2D eigenvalue weighted by atomic mass is 10.1. The van der Waals surface area contributed by atoms with E-state index in [4.69, 9.17) is 12.2 Å². The summed E-state index contributed by atoms with van der Waals surface area (Å²) >= 11 is 5.32. The SMILES string of the molecule is CNC(=O)C(=S)c1cn(Cc2ccccc2)c2ccccc12. The van der Waals surface area contributed by atoms with Gasteiger partial charge in [0, 0.05) is 36.3 Å². The molecule has 3 nitrogen and oxygen atoms in total. The minimum Gasteiger partial charge on any atom is -0.354 e. The molecule has 0 atom stereocenters. The molecule has 0 saturated heterocycles. The molecule has 4 heteroatoms. The number of carbonyl (C=O) groups excluding carboxylic acids is 1. The van der Waals surface area contributed by atoms with E-state index in [9.17, 15) is 4.79 Å². The van der Waals surface area contributed by atoms with E-state index < -0.39 is 0 Å². The number of nitrogens with zero attached hydrogens (tertiary/aromatic N) is 1. The number of amides is 1. The first-order valence-electron chi connectivity index (χ1n) is 7.09. The average molecular weight is 308 g/mol. The van der Waals surface area contributed by atoms with Crippen molar-refractivity contribution in [1.82, 2.24) is 9.88 Å². The third-order valence-corrected chi connectivity index (χ3v) is 4.07. The second kappa shape index (κ2) is 6.12. The zero-order valence-corrected chi connectivity index (χ0v) is 13.1. The third kappa shape index (κ3) is 2.65. The molecular weight excluding hydrogens is 292 g/mol. The maximum absolute atomic E-state index is 11.9. The highest BCUT2D eigenvalue weighted by atomic mass is 32.1. The van der Waals surface area contributed by atoms with Crippen LogP contribution in [0, 0.1) is 0 Å². The fourth-order valence-electron chi connectivity index (χ4n) is 2.57. The van der Waals surface area contributed by atoms with Crippen molar-refractivity contribution in [1.29, 1.82) is 0 Å². The van der Waals surface area contributed by atoms with E-state index in [1.165, 1.54) is 5.56 Å². The zero-order chi connectivity index (χ0) is 15.5. The molecule has 0 bridgehead atoms. The highest BCUT2D eigenvalue weighted by Crippen LogP contribution is 2.23. The molecule has 0 radical (unpaired) electrons. The second-order valence-electron chi connectivity index (χ2n) is 5.08. The zero-order valence-electron chi connectivity index (χ0n) is 12.2. The predicted octanol–water partition coefficient (Wildman–Crippen LogP) is 3.15. The van der Waals surface area contributed by atoms with Crippen molar-refractivity contribution < 1.29 is 4.79 Å². The molecule has 1 N–H and O–H groups in total. The van der Waals surface area contributed by atoms with E-state index in [-0.39, 0.29) is 5.91 Å². The van der Waals surface area contributed by atoms with Gasteiger partial charge in [-0.05, 0) is 11.6 Å². The summed E-state index contributed by atoms with van der Waals surface area (Å²) in [6.07, 6.45) is 1.97. The molecule has 3 aromatic rings. The number of para-hydroxylation sites is 1. The van der Waals surface area contributed by atoms with Gasteiger partial charge in [-0.15, -0.1) is 0 Å². The number of aromatic nitrogens is 1. The van der Waals surface area contributed by atoms with E-state index in [0.29, 0.717) is 4.86 Å². The molecule has 0 saturated carbocycles. The first-order chi connectivity index (χ1) is 10.7. The number of benzene rings is 2. The molecule has 22 heavy (non-hydrogen) atoms. The van der Waals surface area contributed by atoms with Crippen LogP contribution in [-0.4, -0.2) is 22.4 Å². The minimum absolute atomic E-state index is 0.224. The summed E-state index contributed by atoms with van der Waals surface area (Å²) in [6.45, 7) is 0.748. The van der Waals surface area contributed by atoms with Gasteiger partial charge in [-0.2, -0.15) is 0 Å². The standard InChI is InChI=1S/C18H16N2OS/c1-19-18(21)17(22)15-12-20(11-13-7-3-2-4-8-13)16-10-6-5-9-14(15)16/h2-10,12H,11H2,1H3,(H,19,21). The quantitative estimate of drug-likeness (QED) is 0.593. The van der Waals surface area contributed by atoms with Crippen LogP contribution in [0.4, 0.5) is 0 Å². The van der Waals surface area contributed by atoms with Crippen molar-refractivity contribution in [3.63, 3.8) is 0 Å². The number of hydrogen-bond acceptors (Lipinski definition) is 2. The van der Waals surface area contributed by atoms with Crippen LogP contribution in [0.5, 0.6) is 0 Å². The Morgan fingerprint density at radius 1 is 1.09 bits per heavy atom. The van der Waals surface area contributed by atoms with Gasteiger partial charge in [0.15, 0.2) is 0 Å². The van der Waals surface area contributed by atoms with Gasteiger partial charge >= 0.3 is 0 Å². The summed E-state index contributed by atoms with van der Waals surface area (Å²) in [7, 11) is 1.60. The lowest BCUT2D eigenvalue weighted by Gasteiger charge is -2.05. The molecule has 0 aliphatic heterocycles. The lowest BCUT2D eigenvalue weighted by Crippen LogP contribution is -2.26. The Morgan fingerprint density at radius 2 is 1.77 bits per heavy atom. The number of rotatable bonds is 4. The molecule has 1 amide bonds. The van der Waals surface area contributed by atoms with Crippen LogP contribution in [0.3, 0.4) is 0 Å². The summed E-state index contributed by atoms with van der Waals surface area (Å²) in [5.74, 6) is -0.224. The molecule has 0 spiro atoms. The summed E-state index contributed by atoms with van der Waals surface area (Å²) < 4.78 is 2.13. The molecule has 2 aromatic carbocycles. The number of thiocarbonyl (C=S) groups is 1. The van der Waals surface area contributed by atoms with Gasteiger partial charge in [-0.1, -0.05) is 60.7 Å². The Labute approximate surface area is 134 Å². The van der Waals surface area contributed by atoms with Crippen molar-refractivity contribution in [2.45, 2.75) is 6.54 Å². The van der Waals surface area contributed by atoms with E-state index in [0.717, 1.165) is 23.0 Å². The maximum atomic E-state index is 11.9. The highest BCUT2D eigenvalue weighted by molar-refractivity contribution is 7.82. The van der Waals surface area contributed by atoms with Gasteiger partial charge < -0.3 is 9.88 Å². The van der Waals surface area contributed by atoms with Gasteiger partial charge in [0.25, 0.3) is 5.91 Å². The predicted molar refractivity (Wildman–Crippen MR) is 93.2 cm³/mol. The smallest absolute Gasteiger partial charge is 0.262 e. The molecule has 0 unspecified atom stereocenters. The molecule has 1 aromatic heterocycles. The Hall–Kier alpha value is -2.46. The van der Waals surface area contributed by atoms with Gasteiger partial charge in [-0.25, -0.2) is 0 Å². The highest BCUT2D eigenvalue weighted by Gasteiger charge is 2.16. The van der Waals surface area contributed by atoms with Crippen molar-refractivity contribution in [2.75, 3.05) is 7.05 Å². The fourth-order valence-corrected chi connectivity index (χ4v) is 2.84. The molecule has 1 heterocycles. The lowest BCUT2D eigenvalue weighted by molar-refractivity contribution is -0.114. The number of fused-ring (bicyclic) bond motifs is 1. The maximum Gasteiger partial charge on any atom is 0.262 e. The number of likely N-dealkylation sites (N-methyl/N-ethyl adjacent to an activating group) is 1. The van der Waals surface area contributed by atoms with Crippen LogP contribution < -0.4 is 5.32 Å². The van der Waals surface area contributed by atoms with Gasteiger partial charge in [0.2, 0.25) is 0 Å². The summed E-state index contributed by atoms with van der Waals surface area (Å²) in [5.41, 5.74) is 3.09. The molecule has 0 fully saturated rings. The van der Waals surface area contributed by atoms with Crippen molar-refractivity contribution >= 4 is 33.9 Å². The average Bonchev–Trinajstić information content (AvgIpc) is 2.93. The topological polar surface area (TPSA) is 34.0 Å². The van der Waals surface area contributed by atoms with E-state index >= 15 is 0 Å². The Bertz CT molecular complexity index is 837. The first kappa shape index (κ1) is 14.5. The Morgan fingerprint density at radius 3 is 2.50 bits per heavy atom. The Kier molecular flexibility index (Phi) is 4.02. The van der Waals surface area contributed by atoms with Crippen molar-refractivity contribution in [3.8, 4) is 0 Å². The number of hydrogen-bond donors (Lipinski definition) is 1. The van der Waals surface area contributed by atoms with Crippen LogP contribution in [0.15, 0.2) is 60.8 Å². The van der Waals surface area contributed by atoms with Crippen molar-refractivity contribution in [2.24, 2.45) is 0 Å². The largest absolute Gasteiger partial charge is 0.354 e. The normalized spacial score (nSPS) is 10.6.